The van der Waals surface area contributed by atoms with Gasteiger partial charge in [0.1, 0.15) is 17.9 Å². The summed E-state index contributed by atoms with van der Waals surface area (Å²) in [5, 5.41) is 0. The van der Waals surface area contributed by atoms with Gasteiger partial charge in [-0.25, -0.2) is 4.98 Å². The van der Waals surface area contributed by atoms with E-state index in [2.05, 4.69) is 9.97 Å². The summed E-state index contributed by atoms with van der Waals surface area (Å²) in [5.41, 5.74) is 0.472. The van der Waals surface area contributed by atoms with Crippen molar-refractivity contribution < 1.29 is 27.4 Å². The Balaban J connectivity index is 1.59. The lowest BCUT2D eigenvalue weighted by Gasteiger charge is -2.20. The molecule has 1 aliphatic heterocycles. The van der Waals surface area contributed by atoms with Crippen molar-refractivity contribution in [3.63, 3.8) is 0 Å². The van der Waals surface area contributed by atoms with E-state index in [0.717, 1.165) is 23.4 Å². The maximum absolute atomic E-state index is 13.0. The van der Waals surface area contributed by atoms with Gasteiger partial charge in [0.15, 0.2) is 5.82 Å². The molecule has 0 atom stereocenters. The zero-order chi connectivity index (χ0) is 22.0. The third-order valence-corrected chi connectivity index (χ3v) is 4.85. The third-order valence-electron chi connectivity index (χ3n) is 4.85. The average Bonchev–Trinajstić information content (AvgIpc) is 2.92. The summed E-state index contributed by atoms with van der Waals surface area (Å²) in [6.45, 7) is 0.898. The number of nitrogens with zero attached hydrogens (tertiary/aromatic N) is 3. The summed E-state index contributed by atoms with van der Waals surface area (Å²) in [6, 6.07) is 12.1. The molecule has 0 N–H and O–H groups in total. The number of hydrogen-bond acceptors (Lipinski definition) is 5. The van der Waals surface area contributed by atoms with Gasteiger partial charge in [0.2, 0.25) is 5.88 Å². The van der Waals surface area contributed by atoms with Gasteiger partial charge < -0.3 is 14.4 Å². The molecule has 1 aromatic heterocycles. The fourth-order valence-corrected chi connectivity index (χ4v) is 3.22. The van der Waals surface area contributed by atoms with Crippen LogP contribution in [-0.2, 0) is 12.7 Å². The van der Waals surface area contributed by atoms with E-state index >= 15 is 0 Å². The topological polar surface area (TPSA) is 64.6 Å². The number of carbonyl (C=O) groups is 1. The molecule has 1 aliphatic rings. The molecule has 31 heavy (non-hydrogen) atoms. The van der Waals surface area contributed by atoms with Crippen LogP contribution in [0, 0.1) is 0 Å². The van der Waals surface area contributed by atoms with Crippen LogP contribution in [0.1, 0.15) is 21.5 Å². The number of aromatic nitrogens is 2. The van der Waals surface area contributed by atoms with E-state index in [9.17, 15) is 18.0 Å². The molecule has 2 aromatic carbocycles. The normalized spacial score (nSPS) is 13.9. The van der Waals surface area contributed by atoms with Crippen LogP contribution in [0.4, 0.5) is 13.2 Å². The Morgan fingerprint density at radius 1 is 1.16 bits per heavy atom. The monoisotopic (exact) mass is 429 g/mol. The van der Waals surface area contributed by atoms with Crippen LogP contribution < -0.4 is 9.47 Å². The molecule has 0 radical (unpaired) electrons. The van der Waals surface area contributed by atoms with Crippen LogP contribution in [0.5, 0.6) is 11.6 Å². The first kappa shape index (κ1) is 20.6. The number of rotatable bonds is 4. The number of fused-ring (bicyclic) bond motifs is 1. The summed E-state index contributed by atoms with van der Waals surface area (Å²) in [4.78, 5) is 22.9. The van der Waals surface area contributed by atoms with Crippen molar-refractivity contribution in [2.75, 3.05) is 20.3 Å². The van der Waals surface area contributed by atoms with Gasteiger partial charge in [0, 0.05) is 18.3 Å². The highest BCUT2D eigenvalue weighted by Gasteiger charge is 2.31. The van der Waals surface area contributed by atoms with Crippen LogP contribution in [-0.4, -0.2) is 41.0 Å². The largest absolute Gasteiger partial charge is 0.497 e. The molecule has 0 saturated heterocycles. The van der Waals surface area contributed by atoms with E-state index < -0.39 is 11.7 Å². The highest BCUT2D eigenvalue weighted by atomic mass is 19.4. The molecule has 6 nitrogen and oxygen atoms in total. The molecule has 0 fully saturated rings. The Kier molecular flexibility index (Phi) is 5.50. The molecule has 4 rings (SSSR count). The van der Waals surface area contributed by atoms with Crippen molar-refractivity contribution in [1.29, 1.82) is 0 Å². The SMILES string of the molecule is COc1ccc(CN2CCOc3nc(-c4cccc(C(F)(F)F)c4)ncc3C2=O)cc1. The molecule has 0 spiro atoms. The van der Waals surface area contributed by atoms with Crippen molar-refractivity contribution in [2.24, 2.45) is 0 Å². The number of benzene rings is 2. The first-order chi connectivity index (χ1) is 14.8. The number of alkyl halides is 3. The molecule has 3 aromatic rings. The molecule has 2 heterocycles. The van der Waals surface area contributed by atoms with E-state index in [1.807, 2.05) is 24.3 Å². The standard InChI is InChI=1S/C22H18F3N3O3/c1-30-17-7-5-14(6-8-17)13-28-9-10-31-20-18(21(28)29)12-26-19(27-20)15-3-2-4-16(11-15)22(23,24)25/h2-8,11-12H,9-10,13H2,1H3. The van der Waals surface area contributed by atoms with Gasteiger partial charge in [-0.05, 0) is 29.8 Å². The number of halogens is 3. The van der Waals surface area contributed by atoms with Crippen molar-refractivity contribution in [1.82, 2.24) is 14.9 Å². The van der Waals surface area contributed by atoms with E-state index in [0.29, 0.717) is 13.1 Å². The average molecular weight is 429 g/mol. The first-order valence-electron chi connectivity index (χ1n) is 9.45. The zero-order valence-corrected chi connectivity index (χ0v) is 16.5. The predicted molar refractivity (Wildman–Crippen MR) is 106 cm³/mol. The van der Waals surface area contributed by atoms with Crippen LogP contribution in [0.15, 0.2) is 54.7 Å². The van der Waals surface area contributed by atoms with Gasteiger partial charge >= 0.3 is 6.18 Å². The lowest BCUT2D eigenvalue weighted by molar-refractivity contribution is -0.137. The van der Waals surface area contributed by atoms with Gasteiger partial charge in [0.25, 0.3) is 5.91 Å². The van der Waals surface area contributed by atoms with E-state index in [1.54, 1.807) is 12.0 Å². The van der Waals surface area contributed by atoms with Gasteiger partial charge in [-0.15, -0.1) is 0 Å². The van der Waals surface area contributed by atoms with Crippen LogP contribution >= 0.6 is 0 Å². The van der Waals surface area contributed by atoms with Gasteiger partial charge in [-0.1, -0.05) is 24.3 Å². The maximum Gasteiger partial charge on any atom is 0.416 e. The Hall–Kier alpha value is -3.62. The minimum Gasteiger partial charge on any atom is -0.497 e. The minimum absolute atomic E-state index is 0.0567. The molecule has 1 amide bonds. The molecule has 0 unspecified atom stereocenters. The second-order valence-electron chi connectivity index (χ2n) is 6.91. The van der Waals surface area contributed by atoms with Crippen LogP contribution in [0.3, 0.4) is 0 Å². The second kappa shape index (κ2) is 8.25. The summed E-state index contributed by atoms with van der Waals surface area (Å²) in [7, 11) is 1.58. The van der Waals surface area contributed by atoms with Crippen LogP contribution in [0.25, 0.3) is 11.4 Å². The summed E-state index contributed by atoms with van der Waals surface area (Å²) in [5.74, 6) is 0.528. The predicted octanol–water partition coefficient (Wildman–Crippen LogP) is 4.21. The second-order valence-corrected chi connectivity index (χ2v) is 6.91. The molecule has 160 valence electrons. The molecular formula is C22H18F3N3O3. The van der Waals surface area contributed by atoms with Gasteiger partial charge in [-0.3, -0.25) is 4.79 Å². The highest BCUT2D eigenvalue weighted by molar-refractivity contribution is 5.96. The molecule has 0 aliphatic carbocycles. The van der Waals surface area contributed by atoms with Gasteiger partial charge in [0.05, 0.1) is 19.2 Å². The first-order valence-corrected chi connectivity index (χ1v) is 9.45. The van der Waals surface area contributed by atoms with Crippen molar-refractivity contribution >= 4 is 5.91 Å². The fourth-order valence-electron chi connectivity index (χ4n) is 3.22. The summed E-state index contributed by atoms with van der Waals surface area (Å²) >= 11 is 0. The van der Waals surface area contributed by atoms with E-state index in [-0.39, 0.29) is 35.3 Å². The van der Waals surface area contributed by atoms with Crippen molar-refractivity contribution in [3.8, 4) is 23.0 Å². The fraction of sp³-hybridized carbons (Fsp3) is 0.227. The maximum atomic E-state index is 13.0. The number of amides is 1. The van der Waals surface area contributed by atoms with Gasteiger partial charge in [-0.2, -0.15) is 18.2 Å². The number of ether oxygens (including phenoxy) is 2. The Morgan fingerprint density at radius 2 is 1.94 bits per heavy atom. The third kappa shape index (κ3) is 4.45. The lowest BCUT2D eigenvalue weighted by Crippen LogP contribution is -2.31. The molecular weight excluding hydrogens is 411 g/mol. The van der Waals surface area contributed by atoms with Crippen LogP contribution in [0.2, 0.25) is 0 Å². The highest BCUT2D eigenvalue weighted by Crippen LogP contribution is 2.32. The molecule has 0 bridgehead atoms. The number of carbonyl (C=O) groups excluding carboxylic acids is 1. The summed E-state index contributed by atoms with van der Waals surface area (Å²) in [6.07, 6.45) is -3.18. The quantitative estimate of drug-likeness (QED) is 0.622. The number of hydrogen-bond donors (Lipinski definition) is 0. The van der Waals surface area contributed by atoms with Crippen molar-refractivity contribution in [3.05, 3.63) is 71.4 Å². The smallest absolute Gasteiger partial charge is 0.416 e. The van der Waals surface area contributed by atoms with Crippen molar-refractivity contribution in [2.45, 2.75) is 12.7 Å². The van der Waals surface area contributed by atoms with E-state index in [4.69, 9.17) is 9.47 Å². The molecule has 9 heteroatoms. The summed E-state index contributed by atoms with van der Waals surface area (Å²) < 4.78 is 49.8. The Labute approximate surface area is 176 Å². The minimum atomic E-state index is -4.48. The Bertz CT molecular complexity index is 1100. The molecule has 0 saturated carbocycles. The zero-order valence-electron chi connectivity index (χ0n) is 16.5. The lowest BCUT2D eigenvalue weighted by atomic mass is 10.1. The van der Waals surface area contributed by atoms with E-state index in [1.165, 1.54) is 18.3 Å². The number of methoxy groups -OCH3 is 1. The Morgan fingerprint density at radius 3 is 2.65 bits per heavy atom.